The molecule has 0 spiro atoms. The zero-order valence-electron chi connectivity index (χ0n) is 18.3. The van der Waals surface area contributed by atoms with Crippen molar-refractivity contribution in [3.63, 3.8) is 0 Å². The number of rotatable bonds is 4. The monoisotopic (exact) mass is 428 g/mol. The number of hydrogen-bond acceptors (Lipinski definition) is 5. The number of nitrogens with zero attached hydrogens (tertiary/aromatic N) is 6. The summed E-state index contributed by atoms with van der Waals surface area (Å²) in [5.41, 5.74) is 2.96. The molecular weight excluding hydrogens is 404 g/mol. The molecule has 3 heterocycles. The highest BCUT2D eigenvalue weighted by molar-refractivity contribution is 6.05. The molecule has 0 N–H and O–H groups in total. The summed E-state index contributed by atoms with van der Waals surface area (Å²) in [6.07, 6.45) is 0.720. The first kappa shape index (κ1) is 20.0. The molecule has 0 saturated heterocycles. The molecule has 0 unspecified atom stereocenters. The van der Waals surface area contributed by atoms with Gasteiger partial charge in [0.2, 0.25) is 5.95 Å². The van der Waals surface area contributed by atoms with Crippen molar-refractivity contribution < 1.29 is 0 Å². The summed E-state index contributed by atoms with van der Waals surface area (Å²) < 4.78 is 4.52. The first-order valence-electron chi connectivity index (χ1n) is 10.6. The van der Waals surface area contributed by atoms with E-state index in [0.717, 1.165) is 27.8 Å². The van der Waals surface area contributed by atoms with Gasteiger partial charge in [0.25, 0.3) is 5.56 Å². The first-order valence-corrected chi connectivity index (χ1v) is 10.6. The van der Waals surface area contributed by atoms with Gasteiger partial charge in [-0.05, 0) is 17.5 Å². The summed E-state index contributed by atoms with van der Waals surface area (Å²) >= 11 is 0. The van der Waals surface area contributed by atoms with Gasteiger partial charge in [-0.1, -0.05) is 67.6 Å². The van der Waals surface area contributed by atoms with E-state index in [-0.39, 0.29) is 11.6 Å². The minimum atomic E-state index is -0.398. The van der Waals surface area contributed by atoms with E-state index in [1.807, 2.05) is 70.2 Å². The molecule has 0 aliphatic carbocycles. The smallest absolute Gasteiger partial charge is 0.293 e. The quantitative estimate of drug-likeness (QED) is 0.501. The van der Waals surface area contributed by atoms with Gasteiger partial charge in [-0.25, -0.2) is 9.80 Å². The lowest BCUT2D eigenvalue weighted by molar-refractivity contribution is 0.585. The zero-order chi connectivity index (χ0) is 22.4. The normalized spacial score (nSPS) is 15.7. The van der Waals surface area contributed by atoms with Crippen LogP contribution in [0.25, 0.3) is 11.2 Å². The van der Waals surface area contributed by atoms with Crippen molar-refractivity contribution in [2.24, 2.45) is 19.2 Å². The number of imidazole rings is 1. The number of anilines is 1. The third kappa shape index (κ3) is 2.98. The van der Waals surface area contributed by atoms with Crippen LogP contribution in [0.5, 0.6) is 0 Å². The summed E-state index contributed by atoms with van der Waals surface area (Å²) in [7, 11) is 3.15. The Balaban J connectivity index is 1.81. The van der Waals surface area contributed by atoms with Gasteiger partial charge >= 0.3 is 5.69 Å². The average molecular weight is 428 g/mol. The highest BCUT2D eigenvalue weighted by atomic mass is 16.2. The molecule has 1 aliphatic heterocycles. The molecule has 0 fully saturated rings. The van der Waals surface area contributed by atoms with E-state index in [2.05, 4.69) is 6.92 Å². The van der Waals surface area contributed by atoms with Crippen LogP contribution < -0.4 is 16.3 Å². The topological polar surface area (TPSA) is 77.4 Å². The number of aromatic nitrogens is 4. The molecule has 5 rings (SSSR count). The Morgan fingerprint density at radius 2 is 1.56 bits per heavy atom. The molecule has 2 aromatic carbocycles. The fraction of sp³-hybridized carbons (Fsp3) is 0.250. The average Bonchev–Trinajstić information content (AvgIpc) is 3.23. The van der Waals surface area contributed by atoms with Gasteiger partial charge in [-0.3, -0.25) is 18.5 Å². The van der Waals surface area contributed by atoms with E-state index >= 15 is 0 Å². The molecule has 32 heavy (non-hydrogen) atoms. The highest BCUT2D eigenvalue weighted by Crippen LogP contribution is 2.34. The fourth-order valence-electron chi connectivity index (χ4n) is 4.34. The maximum atomic E-state index is 13.2. The van der Waals surface area contributed by atoms with Gasteiger partial charge < -0.3 is 0 Å². The van der Waals surface area contributed by atoms with E-state index < -0.39 is 5.69 Å². The number of hydrazone groups is 1. The lowest BCUT2D eigenvalue weighted by atomic mass is 10.00. The summed E-state index contributed by atoms with van der Waals surface area (Å²) in [4.78, 5) is 30.5. The van der Waals surface area contributed by atoms with Crippen LogP contribution in [0.4, 0.5) is 5.95 Å². The standard InChI is InChI=1S/C24H24N6O2/c1-4-18-19(17-13-9-6-10-14-17)26-29(15-16-11-7-5-8-12-16)23-25-21-20(30(18)23)22(31)28(3)24(32)27(21)2/h5-14,18H,4,15H2,1-3H3/t18-/m1/s1. The fourth-order valence-corrected chi connectivity index (χ4v) is 4.34. The Kier molecular flexibility index (Phi) is 4.77. The van der Waals surface area contributed by atoms with Crippen molar-refractivity contribution in [3.8, 4) is 0 Å². The van der Waals surface area contributed by atoms with Crippen LogP contribution in [0, 0.1) is 0 Å². The molecule has 2 aromatic heterocycles. The van der Waals surface area contributed by atoms with Crippen molar-refractivity contribution in [3.05, 3.63) is 92.6 Å². The Labute approximate surface area is 184 Å². The van der Waals surface area contributed by atoms with Crippen LogP contribution in [0.15, 0.2) is 75.4 Å². The summed E-state index contributed by atoms with van der Waals surface area (Å²) in [5, 5.41) is 6.84. The predicted molar refractivity (Wildman–Crippen MR) is 125 cm³/mol. The van der Waals surface area contributed by atoms with Crippen LogP contribution in [-0.4, -0.2) is 24.4 Å². The molecule has 0 amide bonds. The Morgan fingerprint density at radius 3 is 2.22 bits per heavy atom. The Hall–Kier alpha value is -3.94. The second-order valence-electron chi connectivity index (χ2n) is 7.98. The zero-order valence-corrected chi connectivity index (χ0v) is 18.3. The van der Waals surface area contributed by atoms with Gasteiger partial charge in [0.1, 0.15) is 0 Å². The molecule has 1 aliphatic rings. The van der Waals surface area contributed by atoms with Gasteiger partial charge in [-0.2, -0.15) is 10.1 Å². The number of hydrogen-bond donors (Lipinski definition) is 0. The van der Waals surface area contributed by atoms with E-state index in [4.69, 9.17) is 10.1 Å². The van der Waals surface area contributed by atoms with Crippen LogP contribution in [0.1, 0.15) is 30.5 Å². The van der Waals surface area contributed by atoms with Crippen LogP contribution >= 0.6 is 0 Å². The van der Waals surface area contributed by atoms with Gasteiger partial charge in [0.15, 0.2) is 11.2 Å². The van der Waals surface area contributed by atoms with E-state index in [9.17, 15) is 9.59 Å². The SMILES string of the molecule is CC[C@@H]1C(c2ccccc2)=NN(Cc2ccccc2)c2nc3c(c(=O)n(C)c(=O)n3C)n21. The van der Waals surface area contributed by atoms with Gasteiger partial charge in [0.05, 0.1) is 18.3 Å². The van der Waals surface area contributed by atoms with E-state index in [1.165, 1.54) is 11.6 Å². The maximum absolute atomic E-state index is 13.2. The Bertz CT molecular complexity index is 1450. The third-order valence-electron chi connectivity index (χ3n) is 5.99. The summed E-state index contributed by atoms with van der Waals surface area (Å²) in [6, 6.07) is 19.8. The lowest BCUT2D eigenvalue weighted by Crippen LogP contribution is -2.39. The summed E-state index contributed by atoms with van der Waals surface area (Å²) in [6.45, 7) is 2.56. The molecule has 162 valence electrons. The van der Waals surface area contributed by atoms with Crippen LogP contribution in [0.2, 0.25) is 0 Å². The molecule has 8 nitrogen and oxygen atoms in total. The molecule has 8 heteroatoms. The van der Waals surface area contributed by atoms with Gasteiger partial charge in [0, 0.05) is 14.1 Å². The second-order valence-corrected chi connectivity index (χ2v) is 7.98. The summed E-state index contributed by atoms with van der Waals surface area (Å²) in [5.74, 6) is 0.564. The Morgan fingerprint density at radius 1 is 0.906 bits per heavy atom. The number of fused-ring (bicyclic) bond motifs is 3. The van der Waals surface area contributed by atoms with Crippen molar-refractivity contribution in [1.82, 2.24) is 18.7 Å². The first-order chi connectivity index (χ1) is 15.5. The van der Waals surface area contributed by atoms with Crippen molar-refractivity contribution >= 4 is 22.8 Å². The van der Waals surface area contributed by atoms with E-state index in [1.54, 1.807) is 7.05 Å². The molecule has 0 saturated carbocycles. The largest absolute Gasteiger partial charge is 0.332 e. The molecule has 0 bridgehead atoms. The third-order valence-corrected chi connectivity index (χ3v) is 5.99. The van der Waals surface area contributed by atoms with Crippen molar-refractivity contribution in [1.29, 1.82) is 0 Å². The maximum Gasteiger partial charge on any atom is 0.332 e. The molecular formula is C24H24N6O2. The highest BCUT2D eigenvalue weighted by Gasteiger charge is 2.33. The predicted octanol–water partition coefficient (Wildman–Crippen LogP) is 2.81. The van der Waals surface area contributed by atoms with Crippen LogP contribution in [-0.2, 0) is 20.6 Å². The number of aryl methyl sites for hydroxylation is 1. The van der Waals surface area contributed by atoms with Gasteiger partial charge in [-0.15, -0.1) is 0 Å². The molecule has 1 atom stereocenters. The number of benzene rings is 2. The molecule has 0 radical (unpaired) electrons. The minimum absolute atomic E-state index is 0.186. The second kappa shape index (κ2) is 7.64. The van der Waals surface area contributed by atoms with E-state index in [0.29, 0.717) is 23.7 Å². The van der Waals surface area contributed by atoms with Crippen molar-refractivity contribution in [2.75, 3.05) is 5.01 Å². The minimum Gasteiger partial charge on any atom is -0.293 e. The molecule has 4 aromatic rings. The van der Waals surface area contributed by atoms with Crippen LogP contribution in [0.3, 0.4) is 0 Å². The van der Waals surface area contributed by atoms with Crippen molar-refractivity contribution in [2.45, 2.75) is 25.9 Å². The lowest BCUT2D eigenvalue weighted by Gasteiger charge is -2.32.